The van der Waals surface area contributed by atoms with Crippen LogP contribution in [0.2, 0.25) is 0 Å². The van der Waals surface area contributed by atoms with Gasteiger partial charge in [-0.05, 0) is 38.3 Å². The zero-order valence-corrected chi connectivity index (χ0v) is 11.9. The summed E-state index contributed by atoms with van der Waals surface area (Å²) in [6, 6.07) is 6.65. The molecule has 0 radical (unpaired) electrons. The lowest BCUT2D eigenvalue weighted by Gasteiger charge is -2.36. The predicted octanol–water partition coefficient (Wildman–Crippen LogP) is 3.36. The first-order chi connectivity index (χ1) is 8.40. The van der Waals surface area contributed by atoms with Crippen molar-refractivity contribution in [3.63, 3.8) is 0 Å². The van der Waals surface area contributed by atoms with Crippen molar-refractivity contribution in [3.05, 3.63) is 29.3 Å². The minimum absolute atomic E-state index is 0.264. The molecule has 0 N–H and O–H groups in total. The summed E-state index contributed by atoms with van der Waals surface area (Å²) >= 11 is 0. The minimum Gasteiger partial charge on any atom is -0.370 e. The Labute approximate surface area is 110 Å². The number of benzene rings is 1. The Hall–Kier alpha value is -1.31. The van der Waals surface area contributed by atoms with Gasteiger partial charge in [-0.25, -0.2) is 0 Å². The second-order valence-corrected chi connectivity index (χ2v) is 6.10. The van der Waals surface area contributed by atoms with Crippen molar-refractivity contribution >= 4 is 11.5 Å². The first-order valence-corrected chi connectivity index (χ1v) is 6.76. The number of anilines is 1. The topological polar surface area (TPSA) is 20.3 Å². The number of nitrogens with zero attached hydrogens (tertiary/aromatic N) is 1. The molecule has 0 aliphatic carbocycles. The van der Waals surface area contributed by atoms with Gasteiger partial charge in [-0.1, -0.05) is 31.5 Å². The van der Waals surface area contributed by atoms with Crippen molar-refractivity contribution in [2.45, 2.75) is 40.5 Å². The summed E-state index contributed by atoms with van der Waals surface area (Å²) in [6.45, 7) is 9.79. The Morgan fingerprint density at radius 1 is 1.39 bits per heavy atom. The maximum atomic E-state index is 11.7. The second kappa shape index (κ2) is 4.75. The molecule has 2 heteroatoms. The molecular formula is C16H23NO. The number of carbonyl (C=O) groups excluding carboxylic acids is 1. The molecule has 0 amide bonds. The molecule has 0 unspecified atom stereocenters. The van der Waals surface area contributed by atoms with Crippen LogP contribution in [0.25, 0.3) is 0 Å². The van der Waals surface area contributed by atoms with E-state index in [0.29, 0.717) is 0 Å². The van der Waals surface area contributed by atoms with Crippen LogP contribution in [-0.2, 0) is 11.2 Å². The van der Waals surface area contributed by atoms with Gasteiger partial charge < -0.3 is 4.90 Å². The molecule has 1 aliphatic heterocycles. The monoisotopic (exact) mass is 245 g/mol. The highest BCUT2D eigenvalue weighted by atomic mass is 16.1. The Kier molecular flexibility index (Phi) is 3.47. The van der Waals surface area contributed by atoms with E-state index in [1.54, 1.807) is 6.92 Å². The molecule has 0 bridgehead atoms. The van der Waals surface area contributed by atoms with E-state index < -0.39 is 0 Å². The summed E-state index contributed by atoms with van der Waals surface area (Å²) in [5.41, 5.74) is 3.81. The third-order valence-electron chi connectivity index (χ3n) is 3.99. The summed E-state index contributed by atoms with van der Waals surface area (Å²) in [4.78, 5) is 14.1. The van der Waals surface area contributed by atoms with Crippen LogP contribution >= 0.6 is 0 Å². The minimum atomic E-state index is -0.264. The van der Waals surface area contributed by atoms with Gasteiger partial charge in [0.25, 0.3) is 0 Å². The molecule has 18 heavy (non-hydrogen) atoms. The number of hydrogen-bond donors (Lipinski definition) is 0. The van der Waals surface area contributed by atoms with Gasteiger partial charge in [0.1, 0.15) is 5.78 Å². The Balaban J connectivity index is 2.25. The van der Waals surface area contributed by atoms with Crippen LogP contribution in [-0.4, -0.2) is 18.9 Å². The molecule has 2 nitrogen and oxygen atoms in total. The van der Waals surface area contributed by atoms with Crippen molar-refractivity contribution in [1.82, 2.24) is 0 Å². The summed E-state index contributed by atoms with van der Waals surface area (Å²) in [6.07, 6.45) is 2.35. The third-order valence-corrected chi connectivity index (χ3v) is 3.99. The average molecular weight is 245 g/mol. The smallest absolute Gasteiger partial charge is 0.137 e. The number of aryl methyl sites for hydroxylation is 2. The van der Waals surface area contributed by atoms with Crippen molar-refractivity contribution in [2.24, 2.45) is 5.41 Å². The number of ketones is 1. The summed E-state index contributed by atoms with van der Waals surface area (Å²) in [5.74, 6) is 0.265. The van der Waals surface area contributed by atoms with Gasteiger partial charge in [0, 0.05) is 24.2 Å². The van der Waals surface area contributed by atoms with Gasteiger partial charge in [-0.3, -0.25) is 4.79 Å². The number of hydrogen-bond acceptors (Lipinski definition) is 2. The van der Waals surface area contributed by atoms with Crippen LogP contribution in [0.15, 0.2) is 18.2 Å². The molecule has 1 heterocycles. The fraction of sp³-hybridized carbons (Fsp3) is 0.562. The largest absolute Gasteiger partial charge is 0.370 e. The number of Topliss-reactive ketones (excluding diaryl/α,β-unsaturated/α-hetero) is 1. The Morgan fingerprint density at radius 2 is 2.11 bits per heavy atom. The zero-order chi connectivity index (χ0) is 13.3. The maximum absolute atomic E-state index is 11.7. The number of fused-ring (bicyclic) bond motifs is 1. The van der Waals surface area contributed by atoms with E-state index in [0.717, 1.165) is 19.5 Å². The van der Waals surface area contributed by atoms with Crippen molar-refractivity contribution in [2.75, 3.05) is 18.0 Å². The van der Waals surface area contributed by atoms with Crippen LogP contribution in [0.3, 0.4) is 0 Å². The normalized spacial score (nSPS) is 15.4. The van der Waals surface area contributed by atoms with E-state index >= 15 is 0 Å². The molecule has 0 atom stereocenters. The van der Waals surface area contributed by atoms with E-state index in [1.807, 2.05) is 13.8 Å². The van der Waals surface area contributed by atoms with Gasteiger partial charge in [0.15, 0.2) is 0 Å². The molecule has 1 aliphatic rings. The van der Waals surface area contributed by atoms with Gasteiger partial charge in [0.2, 0.25) is 0 Å². The molecule has 1 aromatic carbocycles. The molecule has 98 valence electrons. The molecule has 2 rings (SSSR count). The summed E-state index contributed by atoms with van der Waals surface area (Å²) in [7, 11) is 0. The van der Waals surface area contributed by atoms with Crippen LogP contribution in [0, 0.1) is 12.3 Å². The predicted molar refractivity (Wildman–Crippen MR) is 76.2 cm³/mol. The molecular weight excluding hydrogens is 222 g/mol. The Morgan fingerprint density at radius 3 is 2.78 bits per heavy atom. The summed E-state index contributed by atoms with van der Waals surface area (Å²) in [5, 5.41) is 0. The lowest BCUT2D eigenvalue weighted by molar-refractivity contribution is -0.124. The van der Waals surface area contributed by atoms with Gasteiger partial charge in [-0.15, -0.1) is 0 Å². The van der Waals surface area contributed by atoms with E-state index in [9.17, 15) is 4.79 Å². The molecule has 0 spiro atoms. The highest BCUT2D eigenvalue weighted by molar-refractivity contribution is 5.82. The molecule has 0 fully saturated rings. The number of rotatable bonds is 3. The highest BCUT2D eigenvalue weighted by Gasteiger charge is 2.28. The molecule has 1 aromatic rings. The fourth-order valence-electron chi connectivity index (χ4n) is 2.56. The Bertz CT molecular complexity index is 462. The van der Waals surface area contributed by atoms with Gasteiger partial charge >= 0.3 is 0 Å². The lowest BCUT2D eigenvalue weighted by Crippen LogP contribution is -2.40. The SMILES string of the molecule is CC(=O)C(C)(C)CN1CCCc2cc(C)ccc21. The average Bonchev–Trinajstić information content (AvgIpc) is 2.28. The number of carbonyl (C=O) groups is 1. The standard InChI is InChI=1S/C16H23NO/c1-12-7-8-15-14(10-12)6-5-9-17(15)11-16(3,4)13(2)18/h7-8,10H,5-6,9,11H2,1-4H3. The first-order valence-electron chi connectivity index (χ1n) is 6.76. The van der Waals surface area contributed by atoms with E-state index in [4.69, 9.17) is 0 Å². The second-order valence-electron chi connectivity index (χ2n) is 6.10. The van der Waals surface area contributed by atoms with E-state index in [2.05, 4.69) is 30.0 Å². The van der Waals surface area contributed by atoms with Crippen LogP contribution < -0.4 is 4.90 Å². The van der Waals surface area contributed by atoms with E-state index in [1.165, 1.54) is 23.2 Å². The maximum Gasteiger partial charge on any atom is 0.137 e. The zero-order valence-electron chi connectivity index (χ0n) is 11.9. The van der Waals surface area contributed by atoms with Crippen molar-refractivity contribution < 1.29 is 4.79 Å². The van der Waals surface area contributed by atoms with Crippen LogP contribution in [0.4, 0.5) is 5.69 Å². The molecule has 0 saturated carbocycles. The highest BCUT2D eigenvalue weighted by Crippen LogP contribution is 2.31. The first kappa shape index (κ1) is 13.1. The third kappa shape index (κ3) is 2.58. The quantitative estimate of drug-likeness (QED) is 0.814. The van der Waals surface area contributed by atoms with Crippen LogP contribution in [0.1, 0.15) is 38.3 Å². The van der Waals surface area contributed by atoms with Crippen molar-refractivity contribution in [1.29, 1.82) is 0 Å². The summed E-state index contributed by atoms with van der Waals surface area (Å²) < 4.78 is 0. The fourth-order valence-corrected chi connectivity index (χ4v) is 2.56. The van der Waals surface area contributed by atoms with Gasteiger partial charge in [-0.2, -0.15) is 0 Å². The van der Waals surface area contributed by atoms with Crippen LogP contribution in [0.5, 0.6) is 0 Å². The molecule has 0 aromatic heterocycles. The van der Waals surface area contributed by atoms with Gasteiger partial charge in [0.05, 0.1) is 0 Å². The van der Waals surface area contributed by atoms with E-state index in [-0.39, 0.29) is 11.2 Å². The lowest BCUT2D eigenvalue weighted by atomic mass is 9.87. The van der Waals surface area contributed by atoms with Crippen molar-refractivity contribution in [3.8, 4) is 0 Å². The molecule has 0 saturated heterocycles.